The summed E-state index contributed by atoms with van der Waals surface area (Å²) < 4.78 is 6.74. The Morgan fingerprint density at radius 3 is 2.94 bits per heavy atom. The summed E-state index contributed by atoms with van der Waals surface area (Å²) in [5.74, 6) is 0.0332. The van der Waals surface area contributed by atoms with Crippen LogP contribution >= 0.6 is 0 Å². The van der Waals surface area contributed by atoms with Crippen LogP contribution in [-0.4, -0.2) is 50.0 Å². The van der Waals surface area contributed by atoms with Crippen LogP contribution in [0.5, 0.6) is 0 Å². The second-order valence-electron chi connectivity index (χ2n) is 7.90. The van der Waals surface area contributed by atoms with Crippen molar-refractivity contribution in [3.63, 3.8) is 0 Å². The number of fused-ring (bicyclic) bond motifs is 1. The van der Waals surface area contributed by atoms with Gasteiger partial charge in [-0.1, -0.05) is 0 Å². The first kappa shape index (κ1) is 20.0. The minimum absolute atomic E-state index is 0.183. The fourth-order valence-electron chi connectivity index (χ4n) is 4.22. The summed E-state index contributed by atoms with van der Waals surface area (Å²) >= 11 is 0. The number of carbonyl (C=O) groups is 1. The molecule has 5 rings (SSSR count). The van der Waals surface area contributed by atoms with E-state index in [2.05, 4.69) is 20.2 Å². The van der Waals surface area contributed by atoms with E-state index in [1.807, 2.05) is 25.2 Å². The van der Waals surface area contributed by atoms with Gasteiger partial charge in [0.15, 0.2) is 12.1 Å². The number of nitrogens with two attached hydrogens (primary N) is 1. The van der Waals surface area contributed by atoms with Gasteiger partial charge in [0.2, 0.25) is 0 Å². The van der Waals surface area contributed by atoms with Crippen LogP contribution < -0.4 is 16.0 Å². The van der Waals surface area contributed by atoms with Crippen LogP contribution in [0.25, 0.3) is 22.2 Å². The molecule has 0 aliphatic carbocycles. The second-order valence-corrected chi connectivity index (χ2v) is 7.90. The van der Waals surface area contributed by atoms with Gasteiger partial charge in [0, 0.05) is 37.3 Å². The summed E-state index contributed by atoms with van der Waals surface area (Å²) in [5.41, 5.74) is 9.99. The topological polar surface area (TPSA) is 135 Å². The molecular weight excluding hydrogens is 410 g/mol. The predicted molar refractivity (Wildman–Crippen MR) is 120 cm³/mol. The lowest BCUT2D eigenvalue weighted by Gasteiger charge is -2.33. The number of aliphatic hydroxyl groups is 1. The van der Waals surface area contributed by atoms with Crippen molar-refractivity contribution in [2.45, 2.75) is 18.9 Å². The maximum atomic E-state index is 12.8. The van der Waals surface area contributed by atoms with E-state index in [1.54, 1.807) is 16.9 Å². The monoisotopic (exact) mass is 433 g/mol. The summed E-state index contributed by atoms with van der Waals surface area (Å²) in [5, 5.41) is 18.7. The number of rotatable bonds is 4. The highest BCUT2D eigenvalue weighted by Crippen LogP contribution is 2.37. The SMILES string of the molecule is Cn1nc2cc(N3CCCC(O)C3)c(NC(=O)c3cocn3)cc2c1-c1ccnc(N)c1. The predicted octanol–water partition coefficient (Wildman–Crippen LogP) is 2.42. The zero-order valence-electron chi connectivity index (χ0n) is 17.5. The number of amides is 1. The summed E-state index contributed by atoms with van der Waals surface area (Å²) in [6.45, 7) is 1.26. The van der Waals surface area contributed by atoms with Gasteiger partial charge in [-0.15, -0.1) is 0 Å². The van der Waals surface area contributed by atoms with E-state index in [0.717, 1.165) is 47.2 Å². The van der Waals surface area contributed by atoms with Crippen LogP contribution in [0.1, 0.15) is 23.3 Å². The first-order chi connectivity index (χ1) is 15.5. The number of β-amino-alcohol motifs (C(OH)–C–C–N with tert-alkyl or cyclic N) is 1. The third kappa shape index (κ3) is 3.65. The number of hydrogen-bond acceptors (Lipinski definition) is 8. The van der Waals surface area contributed by atoms with Gasteiger partial charge >= 0.3 is 0 Å². The quantitative estimate of drug-likeness (QED) is 0.446. The Balaban J connectivity index is 1.65. The Morgan fingerprint density at radius 2 is 2.19 bits per heavy atom. The Kier molecular flexibility index (Phi) is 4.98. The lowest BCUT2D eigenvalue weighted by Crippen LogP contribution is -2.38. The van der Waals surface area contributed by atoms with Gasteiger partial charge in [-0.2, -0.15) is 5.10 Å². The first-order valence-electron chi connectivity index (χ1n) is 10.3. The van der Waals surface area contributed by atoms with E-state index in [-0.39, 0.29) is 11.6 Å². The Labute approximate surface area is 183 Å². The maximum Gasteiger partial charge on any atom is 0.277 e. The number of nitrogen functional groups attached to an aromatic ring is 1. The number of pyridine rings is 1. The summed E-state index contributed by atoms with van der Waals surface area (Å²) in [7, 11) is 1.87. The van der Waals surface area contributed by atoms with Crippen molar-refractivity contribution in [3.05, 3.63) is 48.8 Å². The second kappa shape index (κ2) is 7.97. The highest BCUT2D eigenvalue weighted by atomic mass is 16.3. The number of oxazole rings is 1. The minimum Gasteiger partial charge on any atom is -0.451 e. The molecule has 0 saturated carbocycles. The van der Waals surface area contributed by atoms with Crippen LogP contribution in [0.15, 0.2) is 47.5 Å². The molecule has 4 aromatic rings. The average Bonchev–Trinajstić information content (AvgIpc) is 3.40. The Bertz CT molecular complexity index is 1280. The van der Waals surface area contributed by atoms with Crippen LogP contribution in [0.4, 0.5) is 17.2 Å². The number of hydrogen-bond donors (Lipinski definition) is 3. The molecule has 10 heteroatoms. The van der Waals surface area contributed by atoms with Crippen molar-refractivity contribution >= 4 is 34.0 Å². The minimum atomic E-state index is -0.419. The van der Waals surface area contributed by atoms with Gasteiger partial charge in [0.05, 0.1) is 28.7 Å². The molecule has 10 nitrogen and oxygen atoms in total. The van der Waals surface area contributed by atoms with Crippen LogP contribution in [0.2, 0.25) is 0 Å². The fraction of sp³-hybridized carbons (Fsp3) is 0.273. The molecule has 1 aromatic carbocycles. The number of aromatic nitrogens is 4. The smallest absolute Gasteiger partial charge is 0.277 e. The van der Waals surface area contributed by atoms with E-state index in [4.69, 9.17) is 15.2 Å². The third-order valence-electron chi connectivity index (χ3n) is 5.66. The molecule has 164 valence electrons. The zero-order valence-corrected chi connectivity index (χ0v) is 17.5. The average molecular weight is 433 g/mol. The van der Waals surface area contributed by atoms with Crippen molar-refractivity contribution < 1.29 is 14.3 Å². The summed E-state index contributed by atoms with van der Waals surface area (Å²) in [6, 6.07) is 7.51. The largest absolute Gasteiger partial charge is 0.451 e. The standard InChI is InChI=1S/C22H23N7O3/c1-28-21(13-4-5-24-20(23)7-13)15-8-17(26-22(31)18-11-32-12-25-18)19(9-16(15)27-28)29-6-2-3-14(30)10-29/h4-5,7-9,11-12,14,30H,2-3,6,10H2,1H3,(H2,23,24)(H,26,31). The molecule has 1 amide bonds. The number of benzene rings is 1. The van der Waals surface area contributed by atoms with Crippen molar-refractivity contribution in [2.75, 3.05) is 29.0 Å². The maximum absolute atomic E-state index is 12.8. The summed E-state index contributed by atoms with van der Waals surface area (Å²) in [6.07, 6.45) is 5.37. The van der Waals surface area contributed by atoms with Crippen molar-refractivity contribution in [2.24, 2.45) is 7.05 Å². The molecule has 32 heavy (non-hydrogen) atoms. The molecule has 1 aliphatic rings. The molecule has 1 saturated heterocycles. The van der Waals surface area contributed by atoms with Gasteiger partial charge in [-0.3, -0.25) is 9.48 Å². The van der Waals surface area contributed by atoms with Crippen LogP contribution in [0.3, 0.4) is 0 Å². The molecule has 1 fully saturated rings. The molecule has 1 unspecified atom stereocenters. The van der Waals surface area contributed by atoms with Gasteiger partial charge in [-0.05, 0) is 37.1 Å². The molecule has 0 bridgehead atoms. The van der Waals surface area contributed by atoms with E-state index in [0.29, 0.717) is 18.1 Å². The van der Waals surface area contributed by atoms with E-state index >= 15 is 0 Å². The molecule has 4 N–H and O–H groups in total. The van der Waals surface area contributed by atoms with Crippen LogP contribution in [0, 0.1) is 0 Å². The Morgan fingerprint density at radius 1 is 1.31 bits per heavy atom. The van der Waals surface area contributed by atoms with E-state index in [9.17, 15) is 9.90 Å². The molecule has 1 atom stereocenters. The number of aliphatic hydroxyl groups excluding tert-OH is 1. The number of nitrogens with one attached hydrogen (secondary N) is 1. The van der Waals surface area contributed by atoms with Crippen molar-refractivity contribution in [1.82, 2.24) is 19.7 Å². The Hall–Kier alpha value is -3.92. The lowest BCUT2D eigenvalue weighted by molar-refractivity contribution is 0.102. The number of piperidine rings is 1. The normalized spacial score (nSPS) is 16.4. The molecule has 0 spiro atoms. The molecule has 0 radical (unpaired) electrons. The molecule has 1 aliphatic heterocycles. The van der Waals surface area contributed by atoms with Gasteiger partial charge in [0.1, 0.15) is 12.1 Å². The highest BCUT2D eigenvalue weighted by Gasteiger charge is 2.24. The van der Waals surface area contributed by atoms with Gasteiger partial charge < -0.3 is 25.5 Å². The van der Waals surface area contributed by atoms with Gasteiger partial charge in [-0.25, -0.2) is 9.97 Å². The summed E-state index contributed by atoms with van der Waals surface area (Å²) in [4.78, 5) is 22.9. The van der Waals surface area contributed by atoms with Crippen LogP contribution in [-0.2, 0) is 7.05 Å². The van der Waals surface area contributed by atoms with Gasteiger partial charge in [0.25, 0.3) is 5.91 Å². The van der Waals surface area contributed by atoms with Crippen molar-refractivity contribution in [3.8, 4) is 11.3 Å². The molecule has 3 aromatic heterocycles. The zero-order chi connectivity index (χ0) is 22.2. The number of carbonyl (C=O) groups excluding carboxylic acids is 1. The number of nitrogens with zero attached hydrogens (tertiary/aromatic N) is 5. The van der Waals surface area contributed by atoms with Crippen molar-refractivity contribution in [1.29, 1.82) is 0 Å². The fourth-order valence-corrected chi connectivity index (χ4v) is 4.22. The lowest BCUT2D eigenvalue weighted by atomic mass is 10.0. The third-order valence-corrected chi connectivity index (χ3v) is 5.66. The molecule has 4 heterocycles. The molecular formula is C22H23N7O3. The number of aryl methyl sites for hydroxylation is 1. The van der Waals surface area contributed by atoms with E-state index < -0.39 is 6.10 Å². The van der Waals surface area contributed by atoms with E-state index in [1.165, 1.54) is 12.7 Å². The highest BCUT2D eigenvalue weighted by molar-refractivity contribution is 6.07. The first-order valence-corrected chi connectivity index (χ1v) is 10.3. The number of anilines is 3.